The first-order chi connectivity index (χ1) is 8.91. The van der Waals surface area contributed by atoms with Crippen LogP contribution in [0, 0.1) is 0 Å². The van der Waals surface area contributed by atoms with E-state index >= 15 is 0 Å². The first kappa shape index (κ1) is 23.0. The summed E-state index contributed by atoms with van der Waals surface area (Å²) in [5, 5.41) is 0. The van der Waals surface area contributed by atoms with E-state index < -0.39 is 7.82 Å². The molecule has 0 aliphatic rings. The number of hydrogen-bond acceptors (Lipinski definition) is 1. The summed E-state index contributed by atoms with van der Waals surface area (Å²) in [4.78, 5) is 21.6. The molecule has 112 valence electrons. The van der Waals surface area contributed by atoms with Gasteiger partial charge in [0.15, 0.2) is 0 Å². The largest absolute Gasteiger partial charge is 0.466 e. The Morgan fingerprint density at radius 2 is 1.00 bits per heavy atom. The third-order valence-electron chi connectivity index (χ3n) is 2.96. The van der Waals surface area contributed by atoms with E-state index in [1.54, 1.807) is 0.515 Å². The van der Waals surface area contributed by atoms with Gasteiger partial charge in [0.2, 0.25) is 0 Å². The molecule has 0 unspecified atom stereocenters. The molecule has 0 bridgehead atoms. The fourth-order valence-corrected chi connectivity index (χ4v) is 2.69. The topological polar surface area (TPSA) is 77.8 Å². The van der Waals surface area contributed by atoms with Crippen molar-refractivity contribution in [1.82, 2.24) is 0 Å². The van der Waals surface area contributed by atoms with Crippen molar-refractivity contribution in [2.45, 2.75) is 78.1 Å². The quantitative estimate of drug-likeness (QED) is 0.306. The molecule has 4 nitrogen and oxygen atoms in total. The Morgan fingerprint density at radius 1 is 0.737 bits per heavy atom. The predicted molar refractivity (Wildman–Crippen MR) is 81.3 cm³/mol. The molecular weight excluding hydrogens is 290 g/mol. The van der Waals surface area contributed by atoms with Crippen LogP contribution in [0.1, 0.15) is 77.6 Å². The van der Waals surface area contributed by atoms with Crippen molar-refractivity contribution in [3.63, 3.8) is 0 Å². The Labute approximate surface area is 152 Å². The van der Waals surface area contributed by atoms with Crippen LogP contribution in [0.15, 0.2) is 0 Å². The van der Waals surface area contributed by atoms with E-state index in [9.17, 15) is 0 Å². The van der Waals surface area contributed by atoms with Crippen LogP contribution in [0.25, 0.3) is 0 Å². The van der Waals surface area contributed by atoms with Crippen LogP contribution in [0.4, 0.5) is 0 Å². The molecule has 0 amide bonds. The minimum atomic E-state index is -4.64. The Hall–Kier alpha value is 1.75. The summed E-state index contributed by atoms with van der Waals surface area (Å²) in [6.45, 7) is 2.29. The van der Waals surface area contributed by atoms with E-state index in [-0.39, 0.29) is 0 Å². The minimum Gasteiger partial charge on any atom is -0.303 e. The van der Waals surface area contributed by atoms with E-state index in [0.29, 0.717) is 0 Å². The van der Waals surface area contributed by atoms with Gasteiger partial charge in [-0.1, -0.05) is 6.92 Å². The van der Waals surface area contributed by atoms with Crippen molar-refractivity contribution in [2.24, 2.45) is 0 Å². The second-order valence-electron chi connectivity index (χ2n) is 5.05. The molecule has 0 aliphatic carbocycles. The summed E-state index contributed by atoms with van der Waals surface area (Å²) in [5.41, 5.74) is 0. The molecule has 0 aliphatic heterocycles. The molecule has 0 saturated heterocycles. The number of rotatable bonds is 11. The molecular formula is C13H30KO4P. The summed E-state index contributed by atoms with van der Waals surface area (Å²) >= 11 is 1.10. The van der Waals surface area contributed by atoms with Gasteiger partial charge in [0.25, 0.3) is 0 Å². The van der Waals surface area contributed by atoms with Gasteiger partial charge in [-0.3, -0.25) is 0 Å². The zero-order chi connectivity index (χ0) is 15.0. The van der Waals surface area contributed by atoms with E-state index in [1.807, 2.05) is 0 Å². The molecule has 0 aromatic heterocycles. The minimum absolute atomic E-state index is 1.10. The second kappa shape index (κ2) is 17.8. The normalized spacial score (nSPS) is 11.1. The van der Waals surface area contributed by atoms with E-state index in [0.717, 1.165) is 49.0 Å². The van der Waals surface area contributed by atoms with Crippen LogP contribution in [-0.2, 0) is 4.57 Å². The van der Waals surface area contributed by atoms with Gasteiger partial charge in [-0.05, 0) is 0 Å². The third-order valence-corrected chi connectivity index (χ3v) is 4.06. The van der Waals surface area contributed by atoms with Crippen LogP contribution in [-0.4, -0.2) is 63.6 Å². The maximum absolute atomic E-state index is 8.88. The van der Waals surface area contributed by atoms with Crippen LogP contribution < -0.4 is 0 Å². The van der Waals surface area contributed by atoms with E-state index in [4.69, 9.17) is 19.2 Å². The van der Waals surface area contributed by atoms with E-state index in [1.165, 1.54) is 70.6 Å². The third kappa shape index (κ3) is 38.3. The van der Waals surface area contributed by atoms with Gasteiger partial charge in [-0.25, -0.2) is 4.57 Å². The number of unbranched alkanes of at least 4 members (excludes halogenated alkanes) is 10. The summed E-state index contributed by atoms with van der Waals surface area (Å²) in [5.74, 6) is 0. The van der Waals surface area contributed by atoms with Gasteiger partial charge < -0.3 is 14.7 Å². The molecule has 0 fully saturated rings. The number of phosphoric acid groups is 1. The average molecular weight is 320 g/mol. The smallest absolute Gasteiger partial charge is 0.303 e. The molecule has 0 aromatic rings. The Balaban J connectivity index is 0. The molecule has 0 spiro atoms. The molecule has 19 heavy (non-hydrogen) atoms. The molecule has 0 heterocycles. The Kier molecular flexibility index (Phi) is 21.6. The van der Waals surface area contributed by atoms with Crippen molar-refractivity contribution >= 4 is 56.8 Å². The average Bonchev–Trinajstić information content (AvgIpc) is 2.29. The second-order valence-corrected chi connectivity index (χ2v) is 7.64. The van der Waals surface area contributed by atoms with Crippen molar-refractivity contribution in [3.8, 4) is 0 Å². The van der Waals surface area contributed by atoms with Gasteiger partial charge in [-0.15, -0.1) is 0 Å². The predicted octanol–water partition coefficient (Wildman–Crippen LogP) is 3.96. The summed E-state index contributed by atoms with van der Waals surface area (Å²) < 4.78 is 10.4. The zero-order valence-electron chi connectivity index (χ0n) is 12.7. The summed E-state index contributed by atoms with van der Waals surface area (Å²) in [6, 6.07) is 0. The Bertz CT molecular complexity index is 189. The standard InChI is InChI=1S/C13H27.K.H3O4P/c1-3-5-7-9-11-13-12-10-8-6-4-2;;1-5(2,3)4/h1,3-13H2,2H3;;(H3,1,2,3,4). The van der Waals surface area contributed by atoms with E-state index in [2.05, 4.69) is 6.92 Å². The fourth-order valence-electron chi connectivity index (χ4n) is 1.91. The van der Waals surface area contributed by atoms with Gasteiger partial charge in [0.1, 0.15) is 0 Å². The van der Waals surface area contributed by atoms with Crippen LogP contribution in [0.5, 0.6) is 0 Å². The SMILES string of the molecule is CCCCCCCCCCCC[CH2][K].O=P(O)(O)O. The maximum atomic E-state index is 8.88. The zero-order valence-corrected chi connectivity index (χ0v) is 16.7. The van der Waals surface area contributed by atoms with Gasteiger partial charge in [0.05, 0.1) is 0 Å². The first-order valence-electron chi connectivity index (χ1n) is 7.70. The number of hydrogen-bond donors (Lipinski definition) is 3. The van der Waals surface area contributed by atoms with Gasteiger partial charge >= 0.3 is 128 Å². The van der Waals surface area contributed by atoms with Crippen LogP contribution >= 0.6 is 7.82 Å². The molecule has 0 atom stereocenters. The molecule has 0 radical (unpaired) electrons. The molecule has 6 heteroatoms. The molecule has 0 saturated carbocycles. The van der Waals surface area contributed by atoms with Crippen molar-refractivity contribution in [3.05, 3.63) is 0 Å². The first-order valence-corrected chi connectivity index (χ1v) is 11.5. The van der Waals surface area contributed by atoms with Crippen molar-refractivity contribution in [2.75, 3.05) is 0 Å². The molecule has 0 aromatic carbocycles. The monoisotopic (exact) mass is 320 g/mol. The maximum Gasteiger partial charge on any atom is 0.466 e. The molecule has 0 rings (SSSR count). The summed E-state index contributed by atoms with van der Waals surface area (Å²) in [6.07, 6.45) is 16.3. The van der Waals surface area contributed by atoms with Crippen LogP contribution in [0.3, 0.4) is 0 Å². The van der Waals surface area contributed by atoms with Gasteiger partial charge in [-0.2, -0.15) is 0 Å². The molecule has 3 N–H and O–H groups in total. The van der Waals surface area contributed by atoms with Gasteiger partial charge in [0, 0.05) is 0 Å². The fraction of sp³-hybridized carbons (Fsp3) is 1.00. The van der Waals surface area contributed by atoms with Crippen molar-refractivity contribution < 1.29 is 19.2 Å². The summed E-state index contributed by atoms with van der Waals surface area (Å²) in [7, 11) is -4.64. The Morgan fingerprint density at radius 3 is 1.26 bits per heavy atom. The van der Waals surface area contributed by atoms with Crippen molar-refractivity contribution in [1.29, 1.82) is 0 Å². The van der Waals surface area contributed by atoms with Crippen LogP contribution in [0.2, 0.25) is 0.515 Å².